The van der Waals surface area contributed by atoms with Gasteiger partial charge >= 0.3 is 0 Å². The van der Waals surface area contributed by atoms with Crippen LogP contribution >= 0.6 is 0 Å². The molecule has 0 radical (unpaired) electrons. The van der Waals surface area contributed by atoms with Crippen LogP contribution in [0.3, 0.4) is 0 Å². The standard InChI is InChI=1S/C34H25N5O5S/c1-44-27-13-8-14-28(20-27)45(42,43)30-19-24(37-33(40)23-17-22-15-16-35-32(22)36-21-23)18-29-31(30)34(41)39(26-11-6-3-7-12-26)38(29)25-9-4-2-5-10-25/h2-21H,1H3,(H,35,36)(H,37,40). The van der Waals surface area contributed by atoms with E-state index < -0.39 is 21.3 Å². The SMILES string of the molecule is COc1cccc(S(=O)(=O)c2cc(NC(=O)c3cnc4[nH]ccc4c3)cc3c2c(=O)n(-c2ccccc2)n3-c2ccccc2)c1. The molecular weight excluding hydrogens is 590 g/mol. The summed E-state index contributed by atoms with van der Waals surface area (Å²) in [6.07, 6.45) is 3.16. The van der Waals surface area contributed by atoms with Gasteiger partial charge in [-0.1, -0.05) is 42.5 Å². The number of methoxy groups -OCH3 is 1. The Morgan fingerprint density at radius 3 is 2.27 bits per heavy atom. The number of benzene rings is 4. The molecule has 3 aromatic heterocycles. The van der Waals surface area contributed by atoms with Crippen molar-refractivity contribution in [3.8, 4) is 17.1 Å². The van der Waals surface area contributed by atoms with E-state index in [1.807, 2.05) is 36.4 Å². The van der Waals surface area contributed by atoms with Crippen LogP contribution in [0.5, 0.6) is 5.75 Å². The summed E-state index contributed by atoms with van der Waals surface area (Å²) in [7, 11) is -2.86. The van der Waals surface area contributed by atoms with Crippen molar-refractivity contribution in [2.75, 3.05) is 12.4 Å². The minimum atomic E-state index is -4.31. The van der Waals surface area contributed by atoms with Gasteiger partial charge in [0.2, 0.25) is 9.84 Å². The molecule has 0 unspecified atom stereocenters. The molecule has 11 heteroatoms. The summed E-state index contributed by atoms with van der Waals surface area (Å²) >= 11 is 0. The molecule has 0 spiro atoms. The first-order valence-corrected chi connectivity index (χ1v) is 15.4. The van der Waals surface area contributed by atoms with Gasteiger partial charge in [-0.05, 0) is 66.7 Å². The molecule has 0 saturated heterocycles. The van der Waals surface area contributed by atoms with Gasteiger partial charge in [0.15, 0.2) is 0 Å². The first kappa shape index (κ1) is 27.9. The lowest BCUT2D eigenvalue weighted by Crippen LogP contribution is -2.20. The molecule has 0 fully saturated rings. The fourth-order valence-electron chi connectivity index (χ4n) is 5.36. The summed E-state index contributed by atoms with van der Waals surface area (Å²) in [5.74, 6) is -0.154. The Labute approximate surface area is 257 Å². The molecule has 0 aliphatic heterocycles. The van der Waals surface area contributed by atoms with Gasteiger partial charge in [0.1, 0.15) is 11.4 Å². The number of nitrogens with zero attached hydrogens (tertiary/aromatic N) is 3. The lowest BCUT2D eigenvalue weighted by molar-refractivity contribution is 0.102. The molecule has 0 saturated carbocycles. The number of aromatic nitrogens is 4. The monoisotopic (exact) mass is 615 g/mol. The summed E-state index contributed by atoms with van der Waals surface area (Å²) in [6.45, 7) is 0. The number of para-hydroxylation sites is 2. The maximum atomic E-state index is 14.4. The molecule has 1 amide bonds. The van der Waals surface area contributed by atoms with Crippen molar-refractivity contribution in [1.29, 1.82) is 0 Å². The van der Waals surface area contributed by atoms with Crippen molar-refractivity contribution in [1.82, 2.24) is 19.3 Å². The van der Waals surface area contributed by atoms with E-state index in [0.717, 1.165) is 5.39 Å². The number of hydrogen-bond donors (Lipinski definition) is 2. The van der Waals surface area contributed by atoms with Crippen LogP contribution in [0, 0.1) is 0 Å². The molecule has 45 heavy (non-hydrogen) atoms. The number of nitrogens with one attached hydrogen (secondary N) is 2. The van der Waals surface area contributed by atoms with Gasteiger partial charge in [0, 0.05) is 23.5 Å². The van der Waals surface area contributed by atoms with E-state index >= 15 is 0 Å². The van der Waals surface area contributed by atoms with Crippen LogP contribution in [0.2, 0.25) is 0 Å². The van der Waals surface area contributed by atoms with Crippen molar-refractivity contribution in [2.24, 2.45) is 0 Å². The first-order valence-electron chi connectivity index (χ1n) is 13.9. The normalized spacial score (nSPS) is 11.6. The first-order chi connectivity index (χ1) is 21.8. The average Bonchev–Trinajstić information content (AvgIpc) is 3.67. The number of amides is 1. The minimum Gasteiger partial charge on any atom is -0.497 e. The van der Waals surface area contributed by atoms with Gasteiger partial charge in [0.25, 0.3) is 11.5 Å². The fourth-order valence-corrected chi connectivity index (χ4v) is 6.89. The summed E-state index contributed by atoms with van der Waals surface area (Å²) in [6, 6.07) is 30.5. The van der Waals surface area contributed by atoms with E-state index in [0.29, 0.717) is 22.8 Å². The Balaban J connectivity index is 1.51. The number of hydrogen-bond acceptors (Lipinski definition) is 6. The van der Waals surface area contributed by atoms with Crippen LogP contribution in [0.15, 0.2) is 136 Å². The number of fused-ring (bicyclic) bond motifs is 2. The summed E-state index contributed by atoms with van der Waals surface area (Å²) in [4.78, 5) is 34.8. The second kappa shape index (κ2) is 11.0. The zero-order valence-electron chi connectivity index (χ0n) is 23.8. The topological polar surface area (TPSA) is 128 Å². The number of anilines is 1. The number of H-pyrrole nitrogens is 1. The zero-order chi connectivity index (χ0) is 31.1. The molecule has 7 rings (SSSR count). The molecule has 0 atom stereocenters. The molecule has 4 aromatic carbocycles. The predicted octanol–water partition coefficient (Wildman–Crippen LogP) is 5.75. The number of pyridine rings is 1. The van der Waals surface area contributed by atoms with Crippen molar-refractivity contribution in [2.45, 2.75) is 9.79 Å². The van der Waals surface area contributed by atoms with E-state index in [4.69, 9.17) is 4.74 Å². The third-order valence-corrected chi connectivity index (χ3v) is 9.25. The van der Waals surface area contributed by atoms with Crippen LogP contribution < -0.4 is 15.6 Å². The maximum Gasteiger partial charge on any atom is 0.280 e. The van der Waals surface area contributed by atoms with Crippen LogP contribution in [0.4, 0.5) is 5.69 Å². The Hall–Kier alpha value is -5.94. The van der Waals surface area contributed by atoms with E-state index in [1.165, 1.54) is 36.2 Å². The van der Waals surface area contributed by atoms with Crippen molar-refractivity contribution in [3.05, 3.63) is 138 Å². The summed E-state index contributed by atoms with van der Waals surface area (Å²) in [5.41, 5.74) is 1.98. The molecular formula is C34H25N5O5S. The Morgan fingerprint density at radius 1 is 0.844 bits per heavy atom. The largest absolute Gasteiger partial charge is 0.497 e. The number of carbonyl (C=O) groups is 1. The Kier molecular flexibility index (Phi) is 6.79. The van der Waals surface area contributed by atoms with Crippen LogP contribution in [-0.4, -0.2) is 40.8 Å². The molecule has 3 heterocycles. The van der Waals surface area contributed by atoms with Gasteiger partial charge < -0.3 is 15.0 Å². The smallest absolute Gasteiger partial charge is 0.280 e. The van der Waals surface area contributed by atoms with Gasteiger partial charge in [-0.25, -0.2) is 22.8 Å². The molecule has 7 aromatic rings. The van der Waals surface area contributed by atoms with Crippen molar-refractivity contribution in [3.63, 3.8) is 0 Å². The number of ether oxygens (including phenoxy) is 1. The van der Waals surface area contributed by atoms with Gasteiger partial charge in [0.05, 0.1) is 44.7 Å². The quantitative estimate of drug-likeness (QED) is 0.235. The molecule has 0 aliphatic carbocycles. The highest BCUT2D eigenvalue weighted by Crippen LogP contribution is 2.34. The van der Waals surface area contributed by atoms with E-state index in [2.05, 4.69) is 15.3 Å². The average molecular weight is 616 g/mol. The van der Waals surface area contributed by atoms with Crippen molar-refractivity contribution < 1.29 is 17.9 Å². The lowest BCUT2D eigenvalue weighted by Gasteiger charge is -2.14. The zero-order valence-corrected chi connectivity index (χ0v) is 24.7. The predicted molar refractivity (Wildman–Crippen MR) is 171 cm³/mol. The molecule has 2 N–H and O–H groups in total. The number of aromatic amines is 1. The molecule has 0 aliphatic rings. The van der Waals surface area contributed by atoms with E-state index in [1.54, 1.807) is 65.5 Å². The summed E-state index contributed by atoms with van der Waals surface area (Å²) in [5, 5.41) is 3.56. The van der Waals surface area contributed by atoms with Gasteiger partial charge in [-0.3, -0.25) is 9.59 Å². The Bertz CT molecular complexity index is 2400. The highest BCUT2D eigenvalue weighted by atomic mass is 32.2. The van der Waals surface area contributed by atoms with Crippen LogP contribution in [-0.2, 0) is 9.84 Å². The third kappa shape index (κ3) is 4.85. The number of carbonyl (C=O) groups excluding carboxylic acids is 1. The van der Waals surface area contributed by atoms with Crippen LogP contribution in [0.25, 0.3) is 33.3 Å². The lowest BCUT2D eigenvalue weighted by atomic mass is 10.2. The number of sulfone groups is 1. The molecule has 0 bridgehead atoms. The van der Waals surface area contributed by atoms with Gasteiger partial charge in [-0.2, -0.15) is 0 Å². The highest BCUT2D eigenvalue weighted by Gasteiger charge is 2.29. The Morgan fingerprint density at radius 2 is 1.56 bits per heavy atom. The number of rotatable bonds is 7. The van der Waals surface area contributed by atoms with E-state index in [-0.39, 0.29) is 31.9 Å². The van der Waals surface area contributed by atoms with Gasteiger partial charge in [-0.15, -0.1) is 0 Å². The minimum absolute atomic E-state index is 0.0288. The van der Waals surface area contributed by atoms with E-state index in [9.17, 15) is 18.0 Å². The third-order valence-electron chi connectivity index (χ3n) is 7.48. The van der Waals surface area contributed by atoms with Crippen molar-refractivity contribution >= 4 is 43.4 Å². The van der Waals surface area contributed by atoms with Crippen LogP contribution in [0.1, 0.15) is 10.4 Å². The fraction of sp³-hybridized carbons (Fsp3) is 0.0294. The molecule has 10 nitrogen and oxygen atoms in total. The molecule has 222 valence electrons. The second-order valence-electron chi connectivity index (χ2n) is 10.2. The summed E-state index contributed by atoms with van der Waals surface area (Å²) < 4.78 is 37.1. The maximum absolute atomic E-state index is 14.4. The highest BCUT2D eigenvalue weighted by molar-refractivity contribution is 7.91. The second-order valence-corrected chi connectivity index (χ2v) is 12.2.